The first-order valence-electron chi connectivity index (χ1n) is 9.37. The Balaban J connectivity index is 1.50. The van der Waals surface area contributed by atoms with Gasteiger partial charge in [0.2, 0.25) is 0 Å². The van der Waals surface area contributed by atoms with E-state index in [2.05, 4.69) is 10.2 Å². The van der Waals surface area contributed by atoms with Gasteiger partial charge in [0.05, 0.1) is 0 Å². The smallest absolute Gasteiger partial charge is 0.257 e. The molecule has 0 saturated carbocycles. The Bertz CT molecular complexity index is 851. The van der Waals surface area contributed by atoms with Crippen molar-refractivity contribution in [3.8, 4) is 0 Å². The Morgan fingerprint density at radius 3 is 2.34 bits per heavy atom. The van der Waals surface area contributed by atoms with Crippen molar-refractivity contribution in [2.24, 2.45) is 0 Å². The number of benzene rings is 2. The number of nitrogens with zero attached hydrogens (tertiary/aromatic N) is 2. The van der Waals surface area contributed by atoms with Crippen LogP contribution in [0.25, 0.3) is 0 Å². The molecule has 5 nitrogen and oxygen atoms in total. The van der Waals surface area contributed by atoms with Crippen LogP contribution in [0.15, 0.2) is 48.5 Å². The summed E-state index contributed by atoms with van der Waals surface area (Å²) in [5.74, 6) is -0.570. The third-order valence-corrected chi connectivity index (χ3v) is 5.51. The number of nitrogens with one attached hydrogen (secondary N) is 1. The van der Waals surface area contributed by atoms with Crippen molar-refractivity contribution in [3.63, 3.8) is 0 Å². The Labute approximate surface area is 185 Å². The largest absolute Gasteiger partial charge is 0.336 e. The fourth-order valence-corrected chi connectivity index (χ4v) is 3.46. The fraction of sp³-hybridized carbons (Fsp3) is 0.333. The molecule has 0 spiro atoms. The van der Waals surface area contributed by atoms with Gasteiger partial charge in [-0.3, -0.25) is 14.5 Å². The monoisotopic (exact) mass is 453 g/mol. The molecule has 1 N–H and O–H groups in total. The number of carbonyl (C=O) groups is 2. The zero-order chi connectivity index (χ0) is 20.8. The maximum Gasteiger partial charge on any atom is 0.257 e. The molecule has 2 amide bonds. The number of hydrogen-bond acceptors (Lipinski definition) is 3. The molecule has 0 bridgehead atoms. The lowest BCUT2D eigenvalue weighted by Crippen LogP contribution is -2.49. The van der Waals surface area contributed by atoms with E-state index >= 15 is 0 Å². The first-order chi connectivity index (χ1) is 13.9. The summed E-state index contributed by atoms with van der Waals surface area (Å²) in [4.78, 5) is 27.5. The third-order valence-electron chi connectivity index (χ3n) is 4.86. The molecule has 1 saturated heterocycles. The molecule has 1 aliphatic rings. The van der Waals surface area contributed by atoms with Crippen LogP contribution in [0.3, 0.4) is 0 Å². The topological polar surface area (TPSA) is 52.7 Å². The number of alkyl halides is 2. The van der Waals surface area contributed by atoms with E-state index in [1.165, 1.54) is 5.56 Å². The molecule has 0 unspecified atom stereocenters. The minimum Gasteiger partial charge on any atom is -0.336 e. The predicted molar refractivity (Wildman–Crippen MR) is 118 cm³/mol. The van der Waals surface area contributed by atoms with Crippen molar-refractivity contribution in [2.75, 3.05) is 38.0 Å². The van der Waals surface area contributed by atoms with Crippen LogP contribution >= 0.6 is 34.8 Å². The molecule has 1 heterocycles. The van der Waals surface area contributed by atoms with Crippen molar-refractivity contribution >= 4 is 52.3 Å². The van der Waals surface area contributed by atoms with E-state index in [0.717, 1.165) is 31.1 Å². The summed E-state index contributed by atoms with van der Waals surface area (Å²) >= 11 is 17.0. The Morgan fingerprint density at radius 2 is 1.69 bits per heavy atom. The second-order valence-electron chi connectivity index (χ2n) is 6.88. The lowest BCUT2D eigenvalue weighted by molar-refractivity contribution is -0.114. The van der Waals surface area contributed by atoms with Crippen LogP contribution in [0.2, 0.25) is 5.02 Å². The van der Waals surface area contributed by atoms with Gasteiger partial charge in [-0.25, -0.2) is 0 Å². The van der Waals surface area contributed by atoms with Gasteiger partial charge in [0.15, 0.2) is 4.84 Å². The van der Waals surface area contributed by atoms with Gasteiger partial charge in [-0.15, -0.1) is 0 Å². The summed E-state index contributed by atoms with van der Waals surface area (Å²) < 4.78 is 0. The summed E-state index contributed by atoms with van der Waals surface area (Å²) in [5.41, 5.74) is 2.27. The van der Waals surface area contributed by atoms with Gasteiger partial charge in [0.1, 0.15) is 0 Å². The first-order valence-corrected chi connectivity index (χ1v) is 10.6. The lowest BCUT2D eigenvalue weighted by atomic mass is 10.1. The number of halogens is 3. The average Bonchev–Trinajstić information content (AvgIpc) is 2.73. The number of anilines is 1. The molecule has 8 heteroatoms. The first kappa shape index (κ1) is 21.9. The Hall–Kier alpha value is -1.79. The number of carbonyl (C=O) groups excluding carboxylic acids is 2. The van der Waals surface area contributed by atoms with Gasteiger partial charge in [-0.2, -0.15) is 0 Å². The molecular formula is C21H22Cl3N3O2. The Morgan fingerprint density at radius 1 is 1.00 bits per heavy atom. The van der Waals surface area contributed by atoms with Crippen LogP contribution in [0.1, 0.15) is 15.9 Å². The van der Waals surface area contributed by atoms with Gasteiger partial charge < -0.3 is 10.2 Å². The number of piperazine rings is 1. The van der Waals surface area contributed by atoms with E-state index in [-0.39, 0.29) is 5.91 Å². The Kier molecular flexibility index (Phi) is 7.78. The normalized spacial score (nSPS) is 14.8. The van der Waals surface area contributed by atoms with Crippen LogP contribution < -0.4 is 5.32 Å². The van der Waals surface area contributed by atoms with Crippen LogP contribution in [-0.4, -0.2) is 59.2 Å². The number of rotatable bonds is 6. The van der Waals surface area contributed by atoms with E-state index in [1.807, 2.05) is 29.2 Å². The minimum atomic E-state index is -1.16. The highest BCUT2D eigenvalue weighted by molar-refractivity contribution is 6.54. The van der Waals surface area contributed by atoms with Crippen molar-refractivity contribution in [3.05, 3.63) is 64.7 Å². The third kappa shape index (κ3) is 6.34. The van der Waals surface area contributed by atoms with Gasteiger partial charge in [-0.05, 0) is 42.3 Å². The van der Waals surface area contributed by atoms with Gasteiger partial charge in [0.25, 0.3) is 11.8 Å². The molecular weight excluding hydrogens is 433 g/mol. The molecule has 1 fully saturated rings. The second kappa shape index (κ2) is 10.3. The molecule has 3 rings (SSSR count). The highest BCUT2D eigenvalue weighted by atomic mass is 35.5. The summed E-state index contributed by atoms with van der Waals surface area (Å²) in [7, 11) is 0. The molecule has 0 radical (unpaired) electrons. The zero-order valence-electron chi connectivity index (χ0n) is 15.8. The highest BCUT2D eigenvalue weighted by Gasteiger charge is 2.22. The predicted octanol–water partition coefficient (Wildman–Crippen LogP) is 4.08. The quantitative estimate of drug-likeness (QED) is 0.669. The molecule has 2 aromatic rings. The highest BCUT2D eigenvalue weighted by Crippen LogP contribution is 2.16. The van der Waals surface area contributed by atoms with E-state index in [0.29, 0.717) is 24.3 Å². The minimum absolute atomic E-state index is 0.0493. The number of amides is 2. The van der Waals surface area contributed by atoms with Crippen LogP contribution in [0, 0.1) is 0 Å². The fourth-order valence-electron chi connectivity index (χ4n) is 3.22. The summed E-state index contributed by atoms with van der Waals surface area (Å²) in [6, 6.07) is 14.7. The van der Waals surface area contributed by atoms with Crippen LogP contribution in [0.5, 0.6) is 0 Å². The average molecular weight is 455 g/mol. The van der Waals surface area contributed by atoms with Crippen molar-refractivity contribution < 1.29 is 9.59 Å². The standard InChI is InChI=1S/C21H22Cl3N3O2/c22-17-6-4-15(5-7-17)8-9-26-10-12-27(13-11-26)21(29)16-2-1-3-18(14-16)25-20(28)19(23)24/h1-7,14,19H,8-13H2,(H,25,28). The lowest BCUT2D eigenvalue weighted by Gasteiger charge is -2.34. The van der Waals surface area contributed by atoms with Gasteiger partial charge in [0, 0.05) is 49.0 Å². The van der Waals surface area contributed by atoms with Crippen molar-refractivity contribution in [1.29, 1.82) is 0 Å². The molecule has 0 aliphatic carbocycles. The molecule has 1 aliphatic heterocycles. The molecule has 0 atom stereocenters. The molecule has 29 heavy (non-hydrogen) atoms. The van der Waals surface area contributed by atoms with E-state index in [1.54, 1.807) is 24.3 Å². The summed E-state index contributed by atoms with van der Waals surface area (Å²) in [6.07, 6.45) is 0.953. The van der Waals surface area contributed by atoms with Crippen molar-refractivity contribution in [1.82, 2.24) is 9.80 Å². The van der Waals surface area contributed by atoms with E-state index < -0.39 is 10.7 Å². The van der Waals surface area contributed by atoms with Crippen molar-refractivity contribution in [2.45, 2.75) is 11.3 Å². The number of hydrogen-bond donors (Lipinski definition) is 1. The van der Waals surface area contributed by atoms with Crippen LogP contribution in [-0.2, 0) is 11.2 Å². The molecule has 0 aromatic heterocycles. The maximum atomic E-state index is 12.8. The van der Waals surface area contributed by atoms with E-state index in [9.17, 15) is 9.59 Å². The zero-order valence-corrected chi connectivity index (χ0v) is 18.1. The summed E-state index contributed by atoms with van der Waals surface area (Å²) in [5, 5.41) is 3.34. The van der Waals surface area contributed by atoms with E-state index in [4.69, 9.17) is 34.8 Å². The van der Waals surface area contributed by atoms with Gasteiger partial charge >= 0.3 is 0 Å². The molecule has 154 valence electrons. The second-order valence-corrected chi connectivity index (χ2v) is 8.41. The maximum absolute atomic E-state index is 12.8. The molecule has 2 aromatic carbocycles. The van der Waals surface area contributed by atoms with Crippen LogP contribution in [0.4, 0.5) is 5.69 Å². The summed E-state index contributed by atoms with van der Waals surface area (Å²) in [6.45, 7) is 3.94. The van der Waals surface area contributed by atoms with Gasteiger partial charge in [-0.1, -0.05) is 53.0 Å². The SMILES string of the molecule is O=C(Nc1cccc(C(=O)N2CCN(CCc3ccc(Cl)cc3)CC2)c1)C(Cl)Cl.